The lowest BCUT2D eigenvalue weighted by Crippen LogP contribution is -2.37. The largest absolute Gasteiger partial charge is 0.394 e. The number of guanidine groups is 1. The Labute approximate surface area is 79.8 Å². The van der Waals surface area contributed by atoms with Crippen LogP contribution in [0.25, 0.3) is 0 Å². The lowest BCUT2D eigenvalue weighted by molar-refractivity contribution is -0.135. The zero-order valence-electron chi connectivity index (χ0n) is 7.57. The summed E-state index contributed by atoms with van der Waals surface area (Å²) in [5, 5.41) is 22.1. The normalized spacial score (nSPS) is 16.6. The van der Waals surface area contributed by atoms with Crippen LogP contribution in [0, 0.1) is 0 Å². The molecule has 0 atom stereocenters. The Kier molecular flexibility index (Phi) is 2.82. The number of nitrogens with zero attached hydrogens (tertiary/aromatic N) is 1. The average Bonchev–Trinajstić information content (AvgIpc) is 2.45. The number of rotatable bonds is 3. The van der Waals surface area contributed by atoms with Gasteiger partial charge in [-0.1, -0.05) is 0 Å². The van der Waals surface area contributed by atoms with Crippen molar-refractivity contribution in [3.05, 3.63) is 0 Å². The van der Waals surface area contributed by atoms with E-state index >= 15 is 0 Å². The molecule has 1 rings (SSSR count). The minimum Gasteiger partial charge on any atom is -0.394 e. The van der Waals surface area contributed by atoms with Crippen LogP contribution in [0.15, 0.2) is 4.99 Å². The van der Waals surface area contributed by atoms with E-state index in [1.807, 2.05) is 0 Å². The van der Waals surface area contributed by atoms with E-state index in [2.05, 4.69) is 15.6 Å². The molecule has 0 aromatic heterocycles. The summed E-state index contributed by atoms with van der Waals surface area (Å²) in [6.45, 7) is 0.702. The zero-order chi connectivity index (χ0) is 10.8. The van der Waals surface area contributed by atoms with Crippen molar-refractivity contribution >= 4 is 17.8 Å². The van der Waals surface area contributed by atoms with Gasteiger partial charge in [-0.15, -0.1) is 0 Å². The van der Waals surface area contributed by atoms with E-state index in [0.29, 0.717) is 0 Å². The molecule has 78 valence electrons. The summed E-state index contributed by atoms with van der Waals surface area (Å²) in [7, 11) is 0. The van der Waals surface area contributed by atoms with Crippen LogP contribution in [0.1, 0.15) is 6.92 Å². The summed E-state index contributed by atoms with van der Waals surface area (Å²) in [6.07, 6.45) is 0. The Balaban J connectivity index is 2.79. The second-order valence-corrected chi connectivity index (χ2v) is 3.18. The van der Waals surface area contributed by atoms with Gasteiger partial charge in [-0.05, 0) is 6.92 Å². The minimum absolute atomic E-state index is 0.0504. The Hall–Kier alpha value is -1.47. The number of aliphatic imine (C=N–C) groups is 1. The fraction of sp³-hybridized carbons (Fsp3) is 0.571. The fourth-order valence-electron chi connectivity index (χ4n) is 0.806. The molecule has 1 aliphatic rings. The molecule has 1 heterocycles. The van der Waals surface area contributed by atoms with E-state index in [-0.39, 0.29) is 5.96 Å². The summed E-state index contributed by atoms with van der Waals surface area (Å²) in [4.78, 5) is 25.2. The second kappa shape index (κ2) is 3.72. The molecule has 0 radical (unpaired) electrons. The molecule has 7 heteroatoms. The molecule has 4 N–H and O–H groups in total. The first kappa shape index (κ1) is 10.6. The number of aliphatic hydroxyl groups is 2. The third kappa shape index (κ3) is 2.06. The van der Waals surface area contributed by atoms with Crippen molar-refractivity contribution < 1.29 is 19.8 Å². The molecule has 14 heavy (non-hydrogen) atoms. The van der Waals surface area contributed by atoms with Crippen molar-refractivity contribution in [2.75, 3.05) is 13.2 Å². The van der Waals surface area contributed by atoms with Crippen LogP contribution in [-0.2, 0) is 9.59 Å². The molecular weight excluding hydrogens is 190 g/mol. The van der Waals surface area contributed by atoms with Crippen LogP contribution in [0.2, 0.25) is 0 Å². The zero-order valence-corrected chi connectivity index (χ0v) is 7.57. The predicted octanol–water partition coefficient (Wildman–Crippen LogP) is -2.67. The molecule has 1 saturated heterocycles. The lowest BCUT2D eigenvalue weighted by atomic mass is 10.1. The maximum Gasteiger partial charge on any atom is 0.316 e. The van der Waals surface area contributed by atoms with Crippen LogP contribution in [0.4, 0.5) is 0 Å². The summed E-state index contributed by atoms with van der Waals surface area (Å²) in [6, 6.07) is 0. The van der Waals surface area contributed by atoms with Gasteiger partial charge < -0.3 is 10.2 Å². The second-order valence-electron chi connectivity index (χ2n) is 3.18. The van der Waals surface area contributed by atoms with Gasteiger partial charge in [0.15, 0.2) is 0 Å². The highest BCUT2D eigenvalue weighted by atomic mass is 16.3. The van der Waals surface area contributed by atoms with Crippen LogP contribution in [0.3, 0.4) is 0 Å². The summed E-state index contributed by atoms with van der Waals surface area (Å²) < 4.78 is 0. The van der Waals surface area contributed by atoms with E-state index in [1.54, 1.807) is 0 Å². The van der Waals surface area contributed by atoms with Crippen molar-refractivity contribution in [3.63, 3.8) is 0 Å². The van der Waals surface area contributed by atoms with Crippen LogP contribution in [0.5, 0.6) is 0 Å². The third-order valence-corrected chi connectivity index (χ3v) is 1.73. The van der Waals surface area contributed by atoms with Crippen molar-refractivity contribution in [3.8, 4) is 0 Å². The Morgan fingerprint density at radius 2 is 1.64 bits per heavy atom. The predicted molar refractivity (Wildman–Crippen MR) is 46.3 cm³/mol. The molecule has 0 bridgehead atoms. The maximum atomic E-state index is 10.7. The topological polar surface area (TPSA) is 111 Å². The molecule has 0 spiro atoms. The Morgan fingerprint density at radius 1 is 1.21 bits per heavy atom. The number of aliphatic hydroxyl groups excluding tert-OH is 2. The SMILES string of the molecule is CC(CO)(CO)N=C1NC(=O)C(=O)N1. The first-order valence-electron chi connectivity index (χ1n) is 3.95. The summed E-state index contributed by atoms with van der Waals surface area (Å²) in [5.74, 6) is -1.66. The molecule has 1 aliphatic heterocycles. The van der Waals surface area contributed by atoms with Gasteiger partial charge in [0.05, 0.1) is 13.2 Å². The standard InChI is InChI=1S/C7H11N3O4/c1-7(2-11,3-12)10-6-8-4(13)5(14)9-6/h11-12H,2-3H2,1H3,(H2,8,9,10,13,14). The first-order valence-corrected chi connectivity index (χ1v) is 3.95. The molecule has 7 nitrogen and oxygen atoms in total. The average molecular weight is 201 g/mol. The number of nitrogens with one attached hydrogen (secondary N) is 2. The number of carbonyl (C=O) groups excluding carboxylic acids is 2. The van der Waals surface area contributed by atoms with Gasteiger partial charge in [0, 0.05) is 0 Å². The fourth-order valence-corrected chi connectivity index (χ4v) is 0.806. The van der Waals surface area contributed by atoms with Gasteiger partial charge in [-0.2, -0.15) is 0 Å². The van der Waals surface area contributed by atoms with Gasteiger partial charge in [0.2, 0.25) is 5.96 Å². The molecule has 0 aliphatic carbocycles. The van der Waals surface area contributed by atoms with Gasteiger partial charge >= 0.3 is 11.8 Å². The molecule has 2 amide bonds. The van der Waals surface area contributed by atoms with E-state index in [0.717, 1.165) is 0 Å². The molecular formula is C7H11N3O4. The first-order chi connectivity index (χ1) is 6.50. The van der Waals surface area contributed by atoms with Crippen molar-refractivity contribution in [1.82, 2.24) is 10.6 Å². The van der Waals surface area contributed by atoms with Crippen LogP contribution in [-0.4, -0.2) is 46.7 Å². The smallest absolute Gasteiger partial charge is 0.316 e. The molecule has 0 aromatic carbocycles. The van der Waals surface area contributed by atoms with E-state index in [4.69, 9.17) is 10.2 Å². The molecule has 0 unspecified atom stereocenters. The van der Waals surface area contributed by atoms with Gasteiger partial charge in [0.1, 0.15) is 5.54 Å². The van der Waals surface area contributed by atoms with Gasteiger partial charge in [-0.25, -0.2) is 4.99 Å². The van der Waals surface area contributed by atoms with Crippen molar-refractivity contribution in [2.45, 2.75) is 12.5 Å². The Morgan fingerprint density at radius 3 is 2.00 bits per heavy atom. The molecule has 0 aromatic rings. The number of carbonyl (C=O) groups is 2. The Bertz CT molecular complexity index is 277. The number of hydrogen-bond acceptors (Lipinski definition) is 5. The summed E-state index contributed by atoms with van der Waals surface area (Å²) >= 11 is 0. The van der Waals surface area contributed by atoms with Gasteiger partial charge in [0.25, 0.3) is 0 Å². The quantitative estimate of drug-likeness (QED) is 0.373. The van der Waals surface area contributed by atoms with E-state index < -0.39 is 30.6 Å². The van der Waals surface area contributed by atoms with E-state index in [1.165, 1.54) is 6.92 Å². The van der Waals surface area contributed by atoms with Crippen molar-refractivity contribution in [1.29, 1.82) is 0 Å². The van der Waals surface area contributed by atoms with Crippen molar-refractivity contribution in [2.24, 2.45) is 4.99 Å². The number of hydrogen-bond donors (Lipinski definition) is 4. The maximum absolute atomic E-state index is 10.7. The highest BCUT2D eigenvalue weighted by Gasteiger charge is 2.29. The van der Waals surface area contributed by atoms with Crippen LogP contribution >= 0.6 is 0 Å². The van der Waals surface area contributed by atoms with Gasteiger partial charge in [-0.3, -0.25) is 20.2 Å². The highest BCUT2D eigenvalue weighted by molar-refractivity contribution is 6.45. The number of amides is 2. The third-order valence-electron chi connectivity index (χ3n) is 1.73. The minimum atomic E-state index is -1.11. The van der Waals surface area contributed by atoms with E-state index in [9.17, 15) is 9.59 Å². The van der Waals surface area contributed by atoms with Crippen LogP contribution < -0.4 is 10.6 Å². The lowest BCUT2D eigenvalue weighted by Gasteiger charge is -2.19. The highest BCUT2D eigenvalue weighted by Crippen LogP contribution is 2.07. The monoisotopic (exact) mass is 201 g/mol. The summed E-state index contributed by atoms with van der Waals surface area (Å²) in [5.41, 5.74) is -1.11. The molecule has 0 saturated carbocycles. The molecule has 1 fully saturated rings.